The average molecular weight is 319 g/mol. The Hall–Kier alpha value is -2.86. The van der Waals surface area contributed by atoms with Crippen molar-refractivity contribution >= 4 is 5.97 Å². The third-order valence-corrected chi connectivity index (χ3v) is 3.72. The number of esters is 1. The Morgan fingerprint density at radius 2 is 1.62 bits per heavy atom. The number of hydrogen-bond acceptors (Lipinski definition) is 3. The lowest BCUT2D eigenvalue weighted by Crippen LogP contribution is -2.07. The molecule has 0 bridgehead atoms. The van der Waals surface area contributed by atoms with E-state index in [2.05, 4.69) is 12.6 Å². The van der Waals surface area contributed by atoms with Gasteiger partial charge in [0.1, 0.15) is 5.75 Å². The number of rotatable bonds is 8. The molecule has 2 aromatic rings. The van der Waals surface area contributed by atoms with Crippen LogP contribution in [0.2, 0.25) is 0 Å². The second-order valence-electron chi connectivity index (χ2n) is 5.58. The number of hydrogen-bond donors (Lipinski definition) is 0. The maximum absolute atomic E-state index is 11.8. The molecule has 0 saturated carbocycles. The predicted octanol–water partition coefficient (Wildman–Crippen LogP) is 5.27. The van der Waals surface area contributed by atoms with Crippen molar-refractivity contribution in [1.82, 2.24) is 0 Å². The molecular weight excluding hydrogens is 298 g/mol. The molecule has 0 fully saturated rings. The highest BCUT2D eigenvalue weighted by Gasteiger charge is 2.05. The van der Waals surface area contributed by atoms with Gasteiger partial charge in [-0.05, 0) is 54.7 Å². The minimum absolute atomic E-state index is 0.195. The molecule has 0 saturated heterocycles. The molecule has 0 heterocycles. The van der Waals surface area contributed by atoms with Gasteiger partial charge in [0.2, 0.25) is 0 Å². The Bertz CT molecular complexity index is 709. The van der Waals surface area contributed by atoms with Crippen LogP contribution >= 0.6 is 0 Å². The highest BCUT2D eigenvalue weighted by molar-refractivity contribution is 5.73. The first kappa shape index (κ1) is 17.5. The van der Waals surface area contributed by atoms with Crippen LogP contribution < -0.4 is 4.74 Å². The van der Waals surface area contributed by atoms with Gasteiger partial charge in [0.05, 0.1) is 11.6 Å². The van der Waals surface area contributed by atoms with E-state index in [1.165, 1.54) is 0 Å². The van der Waals surface area contributed by atoms with Crippen molar-refractivity contribution in [3.8, 4) is 22.9 Å². The molecule has 0 radical (unpaired) electrons. The Morgan fingerprint density at radius 3 is 2.21 bits per heavy atom. The van der Waals surface area contributed by atoms with Crippen LogP contribution in [0.15, 0.2) is 61.2 Å². The van der Waals surface area contributed by atoms with Crippen molar-refractivity contribution in [3.05, 3.63) is 66.7 Å². The summed E-state index contributed by atoms with van der Waals surface area (Å²) in [4.78, 5) is 11.8. The van der Waals surface area contributed by atoms with E-state index in [1.807, 2.05) is 30.3 Å². The largest absolute Gasteiger partial charge is 0.427 e. The fraction of sp³-hybridized carbons (Fsp3) is 0.238. The summed E-state index contributed by atoms with van der Waals surface area (Å²) in [5.74, 6) is 0.364. The van der Waals surface area contributed by atoms with E-state index >= 15 is 0 Å². The molecule has 0 atom stereocenters. The van der Waals surface area contributed by atoms with E-state index < -0.39 is 0 Å². The van der Waals surface area contributed by atoms with Crippen LogP contribution in [0.1, 0.15) is 37.7 Å². The van der Waals surface area contributed by atoms with Gasteiger partial charge in [-0.25, -0.2) is 0 Å². The molecule has 0 N–H and O–H groups in total. The molecule has 3 nitrogen and oxygen atoms in total. The predicted molar refractivity (Wildman–Crippen MR) is 95.5 cm³/mol. The highest BCUT2D eigenvalue weighted by atomic mass is 16.5. The second kappa shape index (κ2) is 9.32. The van der Waals surface area contributed by atoms with E-state index in [1.54, 1.807) is 24.3 Å². The lowest BCUT2D eigenvalue weighted by Gasteiger charge is -2.06. The molecule has 2 aromatic carbocycles. The first-order valence-electron chi connectivity index (χ1n) is 8.15. The quantitative estimate of drug-likeness (QED) is 0.288. The minimum atomic E-state index is -0.195. The van der Waals surface area contributed by atoms with Gasteiger partial charge in [0.15, 0.2) is 0 Å². The monoisotopic (exact) mass is 319 g/mol. The fourth-order valence-corrected chi connectivity index (χ4v) is 2.37. The number of nitrogens with zero attached hydrogens (tertiary/aromatic N) is 1. The summed E-state index contributed by atoms with van der Waals surface area (Å²) in [6, 6.07) is 16.9. The number of unbranched alkanes of at least 4 members (excludes halogenated alkanes) is 3. The van der Waals surface area contributed by atoms with Crippen LogP contribution in [-0.2, 0) is 4.79 Å². The van der Waals surface area contributed by atoms with Crippen molar-refractivity contribution in [2.45, 2.75) is 32.1 Å². The molecule has 0 spiro atoms. The van der Waals surface area contributed by atoms with E-state index in [9.17, 15) is 4.79 Å². The topological polar surface area (TPSA) is 50.1 Å². The molecule has 0 unspecified atom stereocenters. The van der Waals surface area contributed by atoms with Crippen LogP contribution in [-0.4, -0.2) is 5.97 Å². The van der Waals surface area contributed by atoms with Crippen molar-refractivity contribution in [2.24, 2.45) is 0 Å². The SMILES string of the molecule is C=CCCCCCC(=O)Oc1ccc(-c2ccc(C#N)cc2)cc1. The van der Waals surface area contributed by atoms with Crippen molar-refractivity contribution in [2.75, 3.05) is 0 Å². The molecule has 0 aliphatic rings. The summed E-state index contributed by atoms with van der Waals surface area (Å²) in [7, 11) is 0. The molecule has 3 heteroatoms. The van der Waals surface area contributed by atoms with Crippen molar-refractivity contribution in [3.63, 3.8) is 0 Å². The molecule has 0 aliphatic heterocycles. The number of allylic oxidation sites excluding steroid dienone is 1. The third-order valence-electron chi connectivity index (χ3n) is 3.72. The van der Waals surface area contributed by atoms with Gasteiger partial charge in [-0.15, -0.1) is 6.58 Å². The third kappa shape index (κ3) is 5.40. The van der Waals surface area contributed by atoms with Gasteiger partial charge in [0.25, 0.3) is 0 Å². The summed E-state index contributed by atoms with van der Waals surface area (Å²) in [5.41, 5.74) is 2.68. The molecule has 0 aromatic heterocycles. The number of ether oxygens (including phenoxy) is 1. The Balaban J connectivity index is 1.86. The summed E-state index contributed by atoms with van der Waals surface area (Å²) in [6.45, 7) is 3.68. The van der Waals surface area contributed by atoms with Crippen LogP contribution in [0, 0.1) is 11.3 Å². The second-order valence-corrected chi connectivity index (χ2v) is 5.58. The Kier molecular flexibility index (Phi) is 6.79. The maximum Gasteiger partial charge on any atom is 0.311 e. The molecule has 24 heavy (non-hydrogen) atoms. The molecule has 2 rings (SSSR count). The average Bonchev–Trinajstić information content (AvgIpc) is 2.62. The standard InChI is InChI=1S/C21H21NO2/c1-2-3-4-5-6-7-21(23)24-20-14-12-19(13-15-20)18-10-8-17(16-22)9-11-18/h2,8-15H,1,3-7H2. The van der Waals surface area contributed by atoms with Gasteiger partial charge in [0, 0.05) is 6.42 Å². The number of benzene rings is 2. The van der Waals surface area contributed by atoms with E-state index in [0.29, 0.717) is 17.7 Å². The smallest absolute Gasteiger partial charge is 0.311 e. The summed E-state index contributed by atoms with van der Waals surface area (Å²) >= 11 is 0. The van der Waals surface area contributed by atoms with Crippen LogP contribution in [0.4, 0.5) is 0 Å². The van der Waals surface area contributed by atoms with E-state index in [4.69, 9.17) is 10.00 Å². The van der Waals surface area contributed by atoms with Gasteiger partial charge in [-0.2, -0.15) is 5.26 Å². The van der Waals surface area contributed by atoms with E-state index in [0.717, 1.165) is 36.8 Å². The Morgan fingerprint density at radius 1 is 1.00 bits per heavy atom. The molecule has 0 aliphatic carbocycles. The lowest BCUT2D eigenvalue weighted by atomic mass is 10.0. The van der Waals surface area contributed by atoms with Gasteiger partial charge in [-0.3, -0.25) is 4.79 Å². The highest BCUT2D eigenvalue weighted by Crippen LogP contribution is 2.23. The van der Waals surface area contributed by atoms with Gasteiger partial charge < -0.3 is 4.74 Å². The molecule has 0 amide bonds. The fourth-order valence-electron chi connectivity index (χ4n) is 2.37. The number of carbonyl (C=O) groups is 1. The first-order chi connectivity index (χ1) is 11.7. The van der Waals surface area contributed by atoms with Crippen LogP contribution in [0.25, 0.3) is 11.1 Å². The van der Waals surface area contributed by atoms with Crippen molar-refractivity contribution < 1.29 is 9.53 Å². The lowest BCUT2D eigenvalue weighted by molar-refractivity contribution is -0.134. The van der Waals surface area contributed by atoms with Gasteiger partial charge >= 0.3 is 5.97 Å². The van der Waals surface area contributed by atoms with Gasteiger partial charge in [-0.1, -0.05) is 36.8 Å². The maximum atomic E-state index is 11.8. The molecule has 122 valence electrons. The number of carbonyl (C=O) groups excluding carboxylic acids is 1. The number of nitriles is 1. The zero-order valence-electron chi connectivity index (χ0n) is 13.7. The van der Waals surface area contributed by atoms with Crippen molar-refractivity contribution in [1.29, 1.82) is 5.26 Å². The minimum Gasteiger partial charge on any atom is -0.427 e. The molecular formula is C21H21NO2. The normalized spacial score (nSPS) is 9.96. The summed E-state index contributed by atoms with van der Waals surface area (Å²) in [5, 5.41) is 8.82. The van der Waals surface area contributed by atoms with Crippen LogP contribution in [0.5, 0.6) is 5.75 Å². The summed E-state index contributed by atoms with van der Waals surface area (Å²) in [6.07, 6.45) is 6.25. The Labute approximate surface area is 143 Å². The summed E-state index contributed by atoms with van der Waals surface area (Å²) < 4.78 is 5.35. The zero-order chi connectivity index (χ0) is 17.2. The van der Waals surface area contributed by atoms with E-state index in [-0.39, 0.29) is 5.97 Å². The first-order valence-corrected chi connectivity index (χ1v) is 8.15. The zero-order valence-corrected chi connectivity index (χ0v) is 13.7. The van der Waals surface area contributed by atoms with Crippen LogP contribution in [0.3, 0.4) is 0 Å².